The van der Waals surface area contributed by atoms with Gasteiger partial charge in [0.2, 0.25) is 0 Å². The number of anilines is 2. The quantitative estimate of drug-likeness (QED) is 0.805. The summed E-state index contributed by atoms with van der Waals surface area (Å²) in [7, 11) is 3.50. The summed E-state index contributed by atoms with van der Waals surface area (Å²) in [6, 6.07) is 3.91. The maximum absolute atomic E-state index is 12.3. The first-order valence-corrected chi connectivity index (χ1v) is 10.3. The van der Waals surface area contributed by atoms with Gasteiger partial charge < -0.3 is 19.9 Å². The fourth-order valence-corrected chi connectivity index (χ4v) is 4.21. The van der Waals surface area contributed by atoms with E-state index in [1.54, 1.807) is 18.0 Å². The predicted molar refractivity (Wildman–Crippen MR) is 112 cm³/mol. The van der Waals surface area contributed by atoms with Gasteiger partial charge in [-0.05, 0) is 12.8 Å². The van der Waals surface area contributed by atoms with Crippen LogP contribution in [0.1, 0.15) is 35.7 Å². The number of halogens is 1. The molecule has 9 nitrogen and oxygen atoms in total. The minimum absolute atomic E-state index is 0.107. The van der Waals surface area contributed by atoms with Crippen LogP contribution in [0.4, 0.5) is 16.4 Å². The van der Waals surface area contributed by atoms with Gasteiger partial charge in [0.1, 0.15) is 11.9 Å². The van der Waals surface area contributed by atoms with Crippen LogP contribution < -0.4 is 10.2 Å². The van der Waals surface area contributed by atoms with Crippen LogP contribution >= 0.6 is 11.6 Å². The number of nitrogens with zero attached hydrogens (tertiary/aromatic N) is 6. The number of carbonyl (C=O) groups is 1. The molecule has 0 saturated carbocycles. The average Bonchev–Trinajstić information content (AvgIpc) is 3.17. The molecule has 1 saturated heterocycles. The van der Waals surface area contributed by atoms with Crippen molar-refractivity contribution in [1.82, 2.24) is 25.0 Å². The Balaban J connectivity index is 1.75. The van der Waals surface area contributed by atoms with Gasteiger partial charge in [0, 0.05) is 63.8 Å². The van der Waals surface area contributed by atoms with Crippen molar-refractivity contribution in [2.45, 2.75) is 31.8 Å². The number of ether oxygens (including phenoxy) is 1. The van der Waals surface area contributed by atoms with Gasteiger partial charge in [-0.15, -0.1) is 0 Å². The lowest BCUT2D eigenvalue weighted by atomic mass is 10.0. The summed E-state index contributed by atoms with van der Waals surface area (Å²) in [5.41, 5.74) is 2.52. The molecule has 0 aromatic carbocycles. The molecule has 2 aromatic rings. The second-order valence-corrected chi connectivity index (χ2v) is 7.86. The van der Waals surface area contributed by atoms with E-state index in [1.807, 2.05) is 11.9 Å². The van der Waals surface area contributed by atoms with Crippen molar-refractivity contribution in [3.63, 3.8) is 0 Å². The van der Waals surface area contributed by atoms with E-state index >= 15 is 0 Å². The van der Waals surface area contributed by atoms with E-state index in [0.29, 0.717) is 29.5 Å². The molecule has 4 heterocycles. The molecule has 4 rings (SSSR count). The van der Waals surface area contributed by atoms with Crippen molar-refractivity contribution in [2.24, 2.45) is 0 Å². The maximum Gasteiger partial charge on any atom is 0.317 e. The zero-order chi connectivity index (χ0) is 21.3. The molecular formula is C20H24ClN7O2. The van der Waals surface area contributed by atoms with Crippen molar-refractivity contribution in [3.8, 4) is 6.07 Å². The zero-order valence-electron chi connectivity index (χ0n) is 17.1. The first-order valence-electron chi connectivity index (χ1n) is 9.97. The Labute approximate surface area is 180 Å². The molecule has 0 unspecified atom stereocenters. The molecule has 0 radical (unpaired) electrons. The highest BCUT2D eigenvalue weighted by molar-refractivity contribution is 6.31. The van der Waals surface area contributed by atoms with E-state index in [9.17, 15) is 10.1 Å². The van der Waals surface area contributed by atoms with Gasteiger partial charge >= 0.3 is 6.03 Å². The van der Waals surface area contributed by atoms with Gasteiger partial charge in [0.05, 0.1) is 23.2 Å². The van der Waals surface area contributed by atoms with Gasteiger partial charge in [-0.25, -0.2) is 9.78 Å². The minimum Gasteiger partial charge on any atom is -0.381 e. The number of urea groups is 1. The van der Waals surface area contributed by atoms with Crippen LogP contribution in [0.2, 0.25) is 5.02 Å². The summed E-state index contributed by atoms with van der Waals surface area (Å²) in [5.74, 6) is 1.32. The third-order valence-corrected chi connectivity index (χ3v) is 6.03. The van der Waals surface area contributed by atoms with Gasteiger partial charge in [-0.2, -0.15) is 10.4 Å². The summed E-state index contributed by atoms with van der Waals surface area (Å²) >= 11 is 6.05. The Kier molecular flexibility index (Phi) is 5.79. The molecule has 1 fully saturated rings. The lowest BCUT2D eigenvalue weighted by Gasteiger charge is -2.30. The van der Waals surface area contributed by atoms with Gasteiger partial charge in [-0.1, -0.05) is 11.6 Å². The van der Waals surface area contributed by atoms with Crippen LogP contribution in [0.3, 0.4) is 0 Å². The molecular weight excluding hydrogens is 406 g/mol. The maximum atomic E-state index is 12.3. The summed E-state index contributed by atoms with van der Waals surface area (Å²) in [4.78, 5) is 20.3. The van der Waals surface area contributed by atoms with E-state index in [4.69, 9.17) is 21.4 Å². The molecule has 1 N–H and O–H groups in total. The highest BCUT2D eigenvalue weighted by atomic mass is 35.5. The molecule has 0 atom stereocenters. The summed E-state index contributed by atoms with van der Waals surface area (Å²) in [5, 5.41) is 17.3. The van der Waals surface area contributed by atoms with Gasteiger partial charge in [0.25, 0.3) is 0 Å². The SMILES string of the molecule is CNC(=O)N1CCc2c(c(N(C)c3cc(C#N)c(Cl)cn3)nn2C2CCOCC2)C1. The van der Waals surface area contributed by atoms with Crippen LogP contribution in [0.15, 0.2) is 12.3 Å². The topological polar surface area (TPSA) is 99.3 Å². The fourth-order valence-electron chi connectivity index (χ4n) is 4.07. The lowest BCUT2D eigenvalue weighted by Crippen LogP contribution is -2.41. The van der Waals surface area contributed by atoms with Crippen LogP contribution in [-0.2, 0) is 17.7 Å². The number of hydrogen-bond donors (Lipinski definition) is 1. The minimum atomic E-state index is -0.107. The first-order chi connectivity index (χ1) is 14.5. The molecule has 2 amide bonds. The summed E-state index contributed by atoms with van der Waals surface area (Å²) < 4.78 is 7.64. The van der Waals surface area contributed by atoms with Gasteiger partial charge in [-0.3, -0.25) is 4.68 Å². The number of fused-ring (bicyclic) bond motifs is 1. The number of rotatable bonds is 3. The Morgan fingerprint density at radius 3 is 2.90 bits per heavy atom. The number of hydrogen-bond acceptors (Lipinski definition) is 6. The first kappa shape index (κ1) is 20.4. The molecule has 0 aliphatic carbocycles. The number of amides is 2. The van der Waals surface area contributed by atoms with Crippen molar-refractivity contribution in [3.05, 3.63) is 34.1 Å². The zero-order valence-corrected chi connectivity index (χ0v) is 17.8. The second-order valence-electron chi connectivity index (χ2n) is 7.46. The monoisotopic (exact) mass is 429 g/mol. The van der Waals surface area contributed by atoms with E-state index in [0.717, 1.165) is 49.6 Å². The van der Waals surface area contributed by atoms with Crippen LogP contribution in [-0.4, -0.2) is 59.5 Å². The number of pyridine rings is 1. The predicted octanol–water partition coefficient (Wildman–Crippen LogP) is 2.62. The van der Waals surface area contributed by atoms with E-state index in [1.165, 1.54) is 6.20 Å². The number of nitrogens with one attached hydrogen (secondary N) is 1. The third-order valence-electron chi connectivity index (χ3n) is 5.73. The number of aromatic nitrogens is 3. The normalized spacial score (nSPS) is 16.7. The average molecular weight is 430 g/mol. The largest absolute Gasteiger partial charge is 0.381 e. The van der Waals surface area contributed by atoms with Crippen molar-refractivity contribution in [2.75, 3.05) is 38.8 Å². The van der Waals surface area contributed by atoms with Crippen LogP contribution in [0.5, 0.6) is 0 Å². The molecule has 0 spiro atoms. The van der Waals surface area contributed by atoms with Crippen LogP contribution in [0.25, 0.3) is 0 Å². The van der Waals surface area contributed by atoms with Crippen molar-refractivity contribution < 1.29 is 9.53 Å². The van der Waals surface area contributed by atoms with E-state index in [-0.39, 0.29) is 12.1 Å². The summed E-state index contributed by atoms with van der Waals surface area (Å²) in [6.07, 6.45) is 4.03. The molecule has 2 aliphatic rings. The Morgan fingerprint density at radius 2 is 2.20 bits per heavy atom. The smallest absolute Gasteiger partial charge is 0.317 e. The Morgan fingerprint density at radius 1 is 1.43 bits per heavy atom. The lowest BCUT2D eigenvalue weighted by molar-refractivity contribution is 0.0651. The third kappa shape index (κ3) is 3.68. The highest BCUT2D eigenvalue weighted by Crippen LogP contribution is 2.35. The highest BCUT2D eigenvalue weighted by Gasteiger charge is 2.32. The molecule has 10 heteroatoms. The molecule has 30 heavy (non-hydrogen) atoms. The molecule has 0 bridgehead atoms. The van der Waals surface area contributed by atoms with E-state index < -0.39 is 0 Å². The second kappa shape index (κ2) is 8.50. The van der Waals surface area contributed by atoms with Crippen molar-refractivity contribution >= 4 is 29.3 Å². The Bertz CT molecular complexity index is 994. The number of nitriles is 1. The van der Waals surface area contributed by atoms with Crippen molar-refractivity contribution in [1.29, 1.82) is 5.26 Å². The molecule has 2 aliphatic heterocycles. The standard InChI is InChI=1S/C20H24ClN7O2/c1-23-20(29)27-6-3-17-15(12-27)19(25-28(17)14-4-7-30-8-5-14)26(2)18-9-13(10-22)16(21)11-24-18/h9,11,14H,3-8,12H2,1-2H3,(H,23,29). The molecule has 2 aromatic heterocycles. The molecule has 158 valence electrons. The Hall–Kier alpha value is -2.83. The number of carbonyl (C=O) groups excluding carboxylic acids is 1. The van der Waals surface area contributed by atoms with Gasteiger partial charge in [0.15, 0.2) is 5.82 Å². The summed E-state index contributed by atoms with van der Waals surface area (Å²) in [6.45, 7) is 2.55. The van der Waals surface area contributed by atoms with E-state index in [2.05, 4.69) is 21.1 Å². The fraction of sp³-hybridized carbons (Fsp3) is 0.500. The van der Waals surface area contributed by atoms with Crippen LogP contribution in [0, 0.1) is 11.3 Å².